The van der Waals surface area contributed by atoms with Crippen LogP contribution < -0.4 is 0 Å². The lowest BCUT2D eigenvalue weighted by Crippen LogP contribution is -2.24. The van der Waals surface area contributed by atoms with Gasteiger partial charge < -0.3 is 28.2 Å². The van der Waals surface area contributed by atoms with Crippen LogP contribution in [0.2, 0.25) is 0 Å². The van der Waals surface area contributed by atoms with Crippen LogP contribution in [0.5, 0.6) is 0 Å². The van der Waals surface area contributed by atoms with E-state index in [0.717, 1.165) is 0 Å². The third-order valence-corrected chi connectivity index (χ3v) is 1.68. The van der Waals surface area contributed by atoms with Gasteiger partial charge >= 0.3 is 10.0 Å². The summed E-state index contributed by atoms with van der Waals surface area (Å²) in [6, 6.07) is 0. The Labute approximate surface area is 66.0 Å². The minimum Gasteiger partial charge on any atom is -0.375 e. The van der Waals surface area contributed by atoms with Gasteiger partial charge in [0, 0.05) is 0 Å². The fraction of sp³-hybridized carbons (Fsp3) is 1.00. The van der Waals surface area contributed by atoms with Crippen LogP contribution in [0.15, 0.2) is 0 Å². The Kier molecular flexibility index (Phi) is 4.62. The highest BCUT2D eigenvalue weighted by Crippen LogP contribution is 1.92. The van der Waals surface area contributed by atoms with Crippen LogP contribution in [-0.2, 0) is 23.1 Å². The molecule has 1 aliphatic rings. The predicted octanol–water partition coefficient (Wildman–Crippen LogP) is -1.77. The van der Waals surface area contributed by atoms with Crippen LogP contribution in [0, 0.1) is 0 Å². The average Bonchev–Trinajstić information content (AvgIpc) is 2.03. The molecule has 0 aromatic carbocycles. The first-order chi connectivity index (χ1) is 5.39. The minimum absolute atomic E-state index is 0.0461. The highest BCUT2D eigenvalue weighted by atomic mass is 28.3. The zero-order valence-corrected chi connectivity index (χ0v) is 7.31. The van der Waals surface area contributed by atoms with Gasteiger partial charge in [-0.1, -0.05) is 0 Å². The number of aliphatic hydroxyl groups excluding tert-OH is 1. The van der Waals surface area contributed by atoms with Crippen molar-refractivity contribution < 1.29 is 28.2 Å². The van der Waals surface area contributed by atoms with Crippen LogP contribution in [0.3, 0.4) is 0 Å². The van der Waals surface area contributed by atoms with Crippen LogP contribution in [-0.4, -0.2) is 42.0 Å². The van der Waals surface area contributed by atoms with Gasteiger partial charge in [-0.25, -0.2) is 0 Å². The minimum atomic E-state index is -1.24. The van der Waals surface area contributed by atoms with Gasteiger partial charge in [0.2, 0.25) is 0 Å². The van der Waals surface area contributed by atoms with E-state index in [-0.39, 0.29) is 20.4 Å². The molecule has 1 rings (SSSR count). The first-order valence-electron chi connectivity index (χ1n) is 3.04. The molecule has 1 aliphatic heterocycles. The van der Waals surface area contributed by atoms with E-state index in [1.54, 1.807) is 0 Å². The average molecular weight is 182 g/mol. The van der Waals surface area contributed by atoms with Crippen molar-refractivity contribution in [3.8, 4) is 0 Å². The van der Waals surface area contributed by atoms with Gasteiger partial charge in [-0.3, -0.25) is 0 Å². The number of hydrogen-bond donors (Lipinski definition) is 1. The van der Waals surface area contributed by atoms with Gasteiger partial charge in [-0.05, 0) is 0 Å². The summed E-state index contributed by atoms with van der Waals surface area (Å²) in [4.78, 5) is 0. The molecule has 6 nitrogen and oxygen atoms in total. The maximum Gasteiger partial charge on any atom is 0.311 e. The quantitative estimate of drug-likeness (QED) is 0.447. The van der Waals surface area contributed by atoms with Gasteiger partial charge in [-0.15, -0.1) is 0 Å². The van der Waals surface area contributed by atoms with E-state index >= 15 is 0 Å². The molecule has 0 aromatic heterocycles. The summed E-state index contributed by atoms with van der Waals surface area (Å²) >= 11 is 0. The summed E-state index contributed by atoms with van der Waals surface area (Å²) in [5.41, 5.74) is 0. The molecular formula is C4H10O6Si. The predicted molar refractivity (Wildman–Crippen MR) is 34.6 cm³/mol. The fourth-order valence-corrected chi connectivity index (χ4v) is 0.975. The highest BCUT2D eigenvalue weighted by molar-refractivity contribution is 6.17. The standard InChI is InChI=1S/C4H10O6Si/c5-4-8-2-6-1-7-3-9-11-10-4/h4-5H,1-3,11H2. The van der Waals surface area contributed by atoms with Gasteiger partial charge in [0.25, 0.3) is 6.48 Å². The zero-order chi connectivity index (χ0) is 7.94. The summed E-state index contributed by atoms with van der Waals surface area (Å²) in [5, 5.41) is 8.82. The van der Waals surface area contributed by atoms with Gasteiger partial charge in [0.1, 0.15) is 6.79 Å². The van der Waals surface area contributed by atoms with Crippen molar-refractivity contribution in [2.75, 3.05) is 20.4 Å². The Morgan fingerprint density at radius 1 is 1.18 bits per heavy atom. The Bertz CT molecular complexity index is 90.6. The molecule has 1 N–H and O–H groups in total. The van der Waals surface area contributed by atoms with E-state index in [1.807, 2.05) is 0 Å². The normalized spacial score (nSPS) is 31.9. The van der Waals surface area contributed by atoms with Crippen molar-refractivity contribution in [1.29, 1.82) is 0 Å². The molecule has 1 saturated heterocycles. The Hall–Kier alpha value is -0.0231. The Morgan fingerprint density at radius 3 is 2.91 bits per heavy atom. The molecule has 0 aliphatic carbocycles. The fourth-order valence-electron chi connectivity index (χ4n) is 0.481. The van der Waals surface area contributed by atoms with Crippen molar-refractivity contribution in [3.63, 3.8) is 0 Å². The highest BCUT2D eigenvalue weighted by Gasteiger charge is 2.05. The van der Waals surface area contributed by atoms with E-state index in [4.69, 9.17) is 23.4 Å². The lowest BCUT2D eigenvalue weighted by Gasteiger charge is -2.15. The molecule has 1 atom stereocenters. The molecule has 0 radical (unpaired) electrons. The van der Waals surface area contributed by atoms with Crippen LogP contribution >= 0.6 is 0 Å². The van der Waals surface area contributed by atoms with Crippen molar-refractivity contribution in [2.45, 2.75) is 6.48 Å². The molecule has 0 spiro atoms. The van der Waals surface area contributed by atoms with Crippen LogP contribution in [0.25, 0.3) is 0 Å². The SMILES string of the molecule is OC1OCOCOCO[SiH2]O1. The molecular weight excluding hydrogens is 172 g/mol. The summed E-state index contributed by atoms with van der Waals surface area (Å²) in [5.74, 6) is 0. The second kappa shape index (κ2) is 5.60. The molecule has 1 unspecified atom stereocenters. The monoisotopic (exact) mass is 182 g/mol. The molecule has 11 heavy (non-hydrogen) atoms. The van der Waals surface area contributed by atoms with Crippen molar-refractivity contribution in [2.24, 2.45) is 0 Å². The summed E-state index contributed by atoms with van der Waals surface area (Å²) < 4.78 is 23.7. The third kappa shape index (κ3) is 4.43. The second-order valence-corrected chi connectivity index (χ2v) is 2.70. The van der Waals surface area contributed by atoms with Crippen molar-refractivity contribution >= 4 is 10.0 Å². The molecule has 1 fully saturated rings. The number of aliphatic hydroxyl groups is 1. The number of hydrogen-bond acceptors (Lipinski definition) is 6. The van der Waals surface area contributed by atoms with Crippen LogP contribution in [0.4, 0.5) is 0 Å². The topological polar surface area (TPSA) is 66.4 Å². The molecule has 7 heteroatoms. The molecule has 0 saturated carbocycles. The summed E-state index contributed by atoms with van der Waals surface area (Å²) in [7, 11) is -1.19. The third-order valence-electron chi connectivity index (χ3n) is 0.921. The lowest BCUT2D eigenvalue weighted by atomic mass is 11.2. The maximum atomic E-state index is 8.82. The van der Waals surface area contributed by atoms with Crippen molar-refractivity contribution in [3.05, 3.63) is 0 Å². The van der Waals surface area contributed by atoms with E-state index < -0.39 is 16.5 Å². The van der Waals surface area contributed by atoms with E-state index in [1.165, 1.54) is 0 Å². The van der Waals surface area contributed by atoms with Crippen molar-refractivity contribution in [1.82, 2.24) is 0 Å². The largest absolute Gasteiger partial charge is 0.375 e. The number of rotatable bonds is 0. The Balaban J connectivity index is 2.12. The first kappa shape index (κ1) is 9.07. The zero-order valence-electron chi connectivity index (χ0n) is 5.89. The molecule has 0 amide bonds. The number of ether oxygens (including phenoxy) is 3. The van der Waals surface area contributed by atoms with Crippen LogP contribution in [0.1, 0.15) is 0 Å². The van der Waals surface area contributed by atoms with E-state index in [0.29, 0.717) is 0 Å². The smallest absolute Gasteiger partial charge is 0.311 e. The molecule has 0 aromatic rings. The first-order valence-corrected chi connectivity index (χ1v) is 4.19. The lowest BCUT2D eigenvalue weighted by molar-refractivity contribution is -0.281. The summed E-state index contributed by atoms with van der Waals surface area (Å²) in [6.07, 6.45) is 0. The van der Waals surface area contributed by atoms with Gasteiger partial charge in [-0.2, -0.15) is 0 Å². The molecule has 0 bridgehead atoms. The molecule has 66 valence electrons. The summed E-state index contributed by atoms with van der Waals surface area (Å²) in [6.45, 7) is -1.05. The van der Waals surface area contributed by atoms with E-state index in [2.05, 4.69) is 4.74 Å². The van der Waals surface area contributed by atoms with E-state index in [9.17, 15) is 0 Å². The second-order valence-electron chi connectivity index (χ2n) is 1.72. The molecule has 1 heterocycles. The maximum absolute atomic E-state index is 8.82. The van der Waals surface area contributed by atoms with Gasteiger partial charge in [0.05, 0.1) is 0 Å². The van der Waals surface area contributed by atoms with Gasteiger partial charge in [0.15, 0.2) is 13.6 Å². The Morgan fingerprint density at radius 2 is 2.00 bits per heavy atom.